The topological polar surface area (TPSA) is 86.7 Å². The Morgan fingerprint density at radius 3 is 2.70 bits per heavy atom. The van der Waals surface area contributed by atoms with E-state index in [1.54, 1.807) is 22.4 Å². The number of thiophene rings is 1. The number of hydrogen-bond acceptors (Lipinski definition) is 4. The molecule has 2 rings (SSSR count). The highest BCUT2D eigenvalue weighted by Gasteiger charge is 2.32. The molecule has 1 aromatic heterocycles. The van der Waals surface area contributed by atoms with Crippen molar-refractivity contribution in [2.75, 3.05) is 13.1 Å². The van der Waals surface area contributed by atoms with Crippen molar-refractivity contribution in [2.45, 2.75) is 25.3 Å². The van der Waals surface area contributed by atoms with Crippen LogP contribution in [0.1, 0.15) is 28.9 Å². The van der Waals surface area contributed by atoms with Gasteiger partial charge < -0.3 is 15.3 Å². The molecule has 0 atom stereocenters. The minimum absolute atomic E-state index is 0.0683. The summed E-state index contributed by atoms with van der Waals surface area (Å²) in [5.74, 6) is -1.42. The number of carboxylic acids is 1. The molecule has 6 nitrogen and oxygen atoms in total. The molecule has 20 heavy (non-hydrogen) atoms. The SMILES string of the molecule is O=C(O)CCN(C(=O)CNC(=O)c1cccs1)C1CC1. The first-order valence-corrected chi connectivity index (χ1v) is 7.29. The van der Waals surface area contributed by atoms with Gasteiger partial charge in [-0.2, -0.15) is 0 Å². The van der Waals surface area contributed by atoms with Crippen molar-refractivity contribution in [1.82, 2.24) is 10.2 Å². The van der Waals surface area contributed by atoms with Gasteiger partial charge in [0, 0.05) is 12.6 Å². The lowest BCUT2D eigenvalue weighted by Gasteiger charge is -2.21. The Morgan fingerprint density at radius 1 is 1.40 bits per heavy atom. The maximum atomic E-state index is 12.0. The van der Waals surface area contributed by atoms with E-state index in [4.69, 9.17) is 5.11 Å². The third-order valence-electron chi connectivity index (χ3n) is 3.02. The molecule has 1 aliphatic carbocycles. The molecule has 0 unspecified atom stereocenters. The highest BCUT2D eigenvalue weighted by Crippen LogP contribution is 2.26. The van der Waals surface area contributed by atoms with Crippen LogP contribution in [0.2, 0.25) is 0 Å². The Kier molecular flexibility index (Phi) is 4.73. The first kappa shape index (κ1) is 14.5. The predicted octanol–water partition coefficient (Wildman–Crippen LogP) is 0.944. The number of carboxylic acid groups (broad SMARTS) is 1. The van der Waals surface area contributed by atoms with Crippen LogP contribution in [0.3, 0.4) is 0 Å². The number of hydrogen-bond donors (Lipinski definition) is 2. The maximum Gasteiger partial charge on any atom is 0.305 e. The smallest absolute Gasteiger partial charge is 0.305 e. The normalized spacial score (nSPS) is 13.8. The fraction of sp³-hybridized carbons (Fsp3) is 0.462. The van der Waals surface area contributed by atoms with Crippen molar-refractivity contribution >= 4 is 29.1 Å². The van der Waals surface area contributed by atoms with E-state index in [1.807, 2.05) is 0 Å². The van der Waals surface area contributed by atoms with Gasteiger partial charge in [0.05, 0.1) is 17.8 Å². The average Bonchev–Trinajstić information content (AvgIpc) is 3.08. The minimum atomic E-state index is -0.925. The van der Waals surface area contributed by atoms with Crippen LogP contribution in [0.15, 0.2) is 17.5 Å². The standard InChI is InChI=1S/C13H16N2O4S/c16-11(8-14-13(19)10-2-1-7-20-10)15(9-3-4-9)6-5-12(17)18/h1-2,7,9H,3-6,8H2,(H,14,19)(H,17,18). The summed E-state index contributed by atoms with van der Waals surface area (Å²) in [6.07, 6.45) is 1.75. The van der Waals surface area contributed by atoms with Crippen molar-refractivity contribution in [1.29, 1.82) is 0 Å². The molecule has 1 saturated carbocycles. The molecule has 1 aliphatic rings. The maximum absolute atomic E-state index is 12.0. The van der Waals surface area contributed by atoms with Crippen molar-refractivity contribution in [2.24, 2.45) is 0 Å². The van der Waals surface area contributed by atoms with Gasteiger partial charge in [-0.15, -0.1) is 11.3 Å². The second-order valence-electron chi connectivity index (χ2n) is 4.62. The summed E-state index contributed by atoms with van der Waals surface area (Å²) in [4.78, 5) is 36.5. The van der Waals surface area contributed by atoms with E-state index in [2.05, 4.69) is 5.32 Å². The Bertz CT molecular complexity index is 496. The quantitative estimate of drug-likeness (QED) is 0.784. The van der Waals surface area contributed by atoms with Gasteiger partial charge in [-0.05, 0) is 24.3 Å². The Morgan fingerprint density at radius 2 is 2.15 bits per heavy atom. The molecule has 0 aromatic carbocycles. The highest BCUT2D eigenvalue weighted by molar-refractivity contribution is 7.12. The first-order valence-electron chi connectivity index (χ1n) is 6.41. The van der Waals surface area contributed by atoms with Crippen LogP contribution in [0.5, 0.6) is 0 Å². The second-order valence-corrected chi connectivity index (χ2v) is 5.57. The van der Waals surface area contributed by atoms with Crippen LogP contribution in [0.4, 0.5) is 0 Å². The van der Waals surface area contributed by atoms with Gasteiger partial charge in [0.1, 0.15) is 0 Å². The molecular weight excluding hydrogens is 280 g/mol. The summed E-state index contributed by atoms with van der Waals surface area (Å²) >= 11 is 1.31. The summed E-state index contributed by atoms with van der Waals surface area (Å²) in [6.45, 7) is 0.112. The zero-order valence-corrected chi connectivity index (χ0v) is 11.7. The average molecular weight is 296 g/mol. The van der Waals surface area contributed by atoms with E-state index in [0.717, 1.165) is 12.8 Å². The number of carbonyl (C=O) groups is 3. The number of aliphatic carboxylic acids is 1. The van der Waals surface area contributed by atoms with Crippen LogP contribution in [-0.2, 0) is 9.59 Å². The number of nitrogens with one attached hydrogen (secondary N) is 1. The van der Waals surface area contributed by atoms with Crippen molar-refractivity contribution in [3.63, 3.8) is 0 Å². The zero-order chi connectivity index (χ0) is 14.5. The van der Waals surface area contributed by atoms with E-state index in [9.17, 15) is 14.4 Å². The van der Waals surface area contributed by atoms with Crippen LogP contribution >= 0.6 is 11.3 Å². The monoisotopic (exact) mass is 296 g/mol. The summed E-state index contributed by atoms with van der Waals surface area (Å²) in [5, 5.41) is 13.0. The molecule has 108 valence electrons. The first-order chi connectivity index (χ1) is 9.58. The second kappa shape index (κ2) is 6.51. The summed E-state index contributed by atoms with van der Waals surface area (Å²) in [7, 11) is 0. The molecular formula is C13H16N2O4S. The van der Waals surface area contributed by atoms with Gasteiger partial charge in [0.15, 0.2) is 0 Å². The van der Waals surface area contributed by atoms with E-state index < -0.39 is 5.97 Å². The van der Waals surface area contributed by atoms with Gasteiger partial charge in [0.2, 0.25) is 5.91 Å². The number of amides is 2. The molecule has 0 aliphatic heterocycles. The summed E-state index contributed by atoms with van der Waals surface area (Å²) in [5.41, 5.74) is 0. The molecule has 0 saturated heterocycles. The molecule has 7 heteroatoms. The van der Waals surface area contributed by atoms with Gasteiger partial charge in [-0.25, -0.2) is 0 Å². The van der Waals surface area contributed by atoms with E-state index in [0.29, 0.717) is 4.88 Å². The number of carbonyl (C=O) groups excluding carboxylic acids is 2. The number of nitrogens with zero attached hydrogens (tertiary/aromatic N) is 1. The van der Waals surface area contributed by atoms with Gasteiger partial charge in [0.25, 0.3) is 5.91 Å². The van der Waals surface area contributed by atoms with Gasteiger partial charge >= 0.3 is 5.97 Å². The Labute approximate surface area is 120 Å². The lowest BCUT2D eigenvalue weighted by Crippen LogP contribution is -2.42. The molecule has 0 spiro atoms. The molecule has 0 bridgehead atoms. The molecule has 1 fully saturated rings. The molecule has 1 aromatic rings. The fourth-order valence-corrected chi connectivity index (χ4v) is 2.51. The lowest BCUT2D eigenvalue weighted by atomic mass is 10.3. The van der Waals surface area contributed by atoms with Crippen LogP contribution in [0, 0.1) is 0 Å². The van der Waals surface area contributed by atoms with E-state index in [1.165, 1.54) is 11.3 Å². The third-order valence-corrected chi connectivity index (χ3v) is 3.89. The molecule has 1 heterocycles. The number of rotatable bonds is 7. The summed E-state index contributed by atoms with van der Waals surface area (Å²) < 4.78 is 0. The fourth-order valence-electron chi connectivity index (χ4n) is 1.87. The van der Waals surface area contributed by atoms with Crippen molar-refractivity contribution in [3.05, 3.63) is 22.4 Å². The van der Waals surface area contributed by atoms with E-state index in [-0.39, 0.29) is 37.4 Å². The minimum Gasteiger partial charge on any atom is -0.481 e. The van der Waals surface area contributed by atoms with Crippen molar-refractivity contribution < 1.29 is 19.5 Å². The van der Waals surface area contributed by atoms with Crippen LogP contribution in [0.25, 0.3) is 0 Å². The third kappa shape index (κ3) is 4.06. The lowest BCUT2D eigenvalue weighted by molar-refractivity contribution is -0.138. The molecule has 0 radical (unpaired) electrons. The Hall–Kier alpha value is -1.89. The van der Waals surface area contributed by atoms with Gasteiger partial charge in [-0.1, -0.05) is 6.07 Å². The van der Waals surface area contributed by atoms with E-state index >= 15 is 0 Å². The summed E-state index contributed by atoms with van der Waals surface area (Å²) in [6, 6.07) is 3.60. The van der Waals surface area contributed by atoms with Crippen LogP contribution < -0.4 is 5.32 Å². The molecule has 2 amide bonds. The predicted molar refractivity (Wildman–Crippen MR) is 73.6 cm³/mol. The van der Waals surface area contributed by atoms with Gasteiger partial charge in [-0.3, -0.25) is 14.4 Å². The van der Waals surface area contributed by atoms with Crippen LogP contribution in [-0.4, -0.2) is 46.9 Å². The largest absolute Gasteiger partial charge is 0.481 e. The Balaban J connectivity index is 1.82. The zero-order valence-electron chi connectivity index (χ0n) is 10.9. The molecule has 2 N–H and O–H groups in total. The van der Waals surface area contributed by atoms with Crippen molar-refractivity contribution in [3.8, 4) is 0 Å². The highest BCUT2D eigenvalue weighted by atomic mass is 32.1.